The molecule has 0 unspecified atom stereocenters. The zero-order chi connectivity index (χ0) is 33.0. The Balaban J connectivity index is 1.70. The van der Waals surface area contributed by atoms with E-state index in [0.29, 0.717) is 42.8 Å². The second-order valence-corrected chi connectivity index (χ2v) is 11.9. The number of piperazine rings is 1. The van der Waals surface area contributed by atoms with Crippen LogP contribution in [0.2, 0.25) is 0 Å². The van der Waals surface area contributed by atoms with Crippen LogP contribution < -0.4 is 21.1 Å². The van der Waals surface area contributed by atoms with E-state index in [4.69, 9.17) is 10.5 Å². The summed E-state index contributed by atoms with van der Waals surface area (Å²) in [6.07, 6.45) is -3.30. The molecule has 2 fully saturated rings. The average molecular weight is 635 g/mol. The molecule has 0 saturated carbocycles. The van der Waals surface area contributed by atoms with Gasteiger partial charge in [0.2, 0.25) is 0 Å². The van der Waals surface area contributed by atoms with Crippen LogP contribution in [-0.2, 0) is 10.9 Å². The number of nitrogens with zero attached hydrogens (tertiary/aromatic N) is 5. The number of carbonyl (C=O) groups excluding carboxylic acids is 1. The number of primary amides is 1. The summed E-state index contributed by atoms with van der Waals surface area (Å²) in [6, 6.07) is 4.23. The van der Waals surface area contributed by atoms with Crippen molar-refractivity contribution < 1.29 is 31.5 Å². The van der Waals surface area contributed by atoms with Gasteiger partial charge in [-0.1, -0.05) is 0 Å². The maximum atomic E-state index is 16.8. The fourth-order valence-corrected chi connectivity index (χ4v) is 6.16. The molecule has 2 aliphatic heterocycles. The molecule has 0 radical (unpaired) electrons. The maximum Gasteiger partial charge on any atom is 0.417 e. The van der Waals surface area contributed by atoms with Crippen molar-refractivity contribution in [3.05, 3.63) is 69.8 Å². The Hall–Kier alpha value is -4.04. The Labute approximate surface area is 257 Å². The lowest BCUT2D eigenvalue weighted by Crippen LogP contribution is -2.55. The highest BCUT2D eigenvalue weighted by Crippen LogP contribution is 2.39. The largest absolute Gasteiger partial charge is 0.417 e. The fourth-order valence-electron chi connectivity index (χ4n) is 6.16. The molecule has 4 atom stereocenters. The maximum absolute atomic E-state index is 16.8. The molecule has 3 aromatic rings. The predicted molar refractivity (Wildman–Crippen MR) is 160 cm³/mol. The number of amides is 1. The van der Waals surface area contributed by atoms with E-state index in [1.54, 1.807) is 11.0 Å². The molecular weight excluding hydrogens is 599 g/mol. The lowest BCUT2D eigenvalue weighted by molar-refractivity contribution is -0.138. The van der Waals surface area contributed by atoms with Gasteiger partial charge in [-0.3, -0.25) is 19.1 Å². The number of nitrogens with two attached hydrogens (primary N) is 1. The van der Waals surface area contributed by atoms with Crippen LogP contribution in [0.1, 0.15) is 43.6 Å². The summed E-state index contributed by atoms with van der Waals surface area (Å²) in [6.45, 7) is 9.44. The van der Waals surface area contributed by atoms with Gasteiger partial charge in [0, 0.05) is 68.4 Å². The molecule has 2 aromatic heterocycles. The van der Waals surface area contributed by atoms with Gasteiger partial charge in [-0.2, -0.15) is 13.2 Å². The van der Waals surface area contributed by atoms with Gasteiger partial charge < -0.3 is 20.3 Å². The molecule has 5 rings (SSSR count). The van der Waals surface area contributed by atoms with Crippen molar-refractivity contribution in [2.75, 3.05) is 43.0 Å². The number of likely N-dealkylation sites (N-methyl/N-ethyl adjacent to an activating group) is 1. The highest BCUT2D eigenvalue weighted by molar-refractivity contribution is 5.94. The first-order valence-corrected chi connectivity index (χ1v) is 14.6. The number of rotatable bonds is 5. The Morgan fingerprint density at radius 2 is 1.60 bits per heavy atom. The highest BCUT2D eigenvalue weighted by Gasteiger charge is 2.37. The molecule has 14 heteroatoms. The van der Waals surface area contributed by atoms with Crippen molar-refractivity contribution in [1.29, 1.82) is 0 Å². The number of hydrogen-bond acceptors (Lipinski definition) is 7. The smallest absolute Gasteiger partial charge is 0.372 e. The monoisotopic (exact) mass is 634 g/mol. The average Bonchev–Trinajstić information content (AvgIpc) is 2.95. The first kappa shape index (κ1) is 32.4. The molecule has 9 nitrogen and oxygen atoms in total. The number of carbonyl (C=O) groups is 1. The lowest BCUT2D eigenvalue weighted by Gasteiger charge is -2.44. The van der Waals surface area contributed by atoms with E-state index >= 15 is 8.78 Å². The zero-order valence-corrected chi connectivity index (χ0v) is 25.5. The summed E-state index contributed by atoms with van der Waals surface area (Å²) in [5.74, 6) is -3.05. The molecule has 0 aliphatic carbocycles. The summed E-state index contributed by atoms with van der Waals surface area (Å²) in [7, 11) is 1.91. The Morgan fingerprint density at radius 3 is 2.13 bits per heavy atom. The number of anilines is 2. The number of halogens is 5. The summed E-state index contributed by atoms with van der Waals surface area (Å²) >= 11 is 0. The van der Waals surface area contributed by atoms with Gasteiger partial charge >= 0.3 is 6.18 Å². The number of alkyl halides is 3. The fraction of sp³-hybridized carbons (Fsp3) is 0.452. The minimum Gasteiger partial charge on any atom is -0.372 e. The minimum absolute atomic E-state index is 0.0473. The second kappa shape index (κ2) is 12.0. The summed E-state index contributed by atoms with van der Waals surface area (Å²) in [4.78, 5) is 35.5. The third-order valence-corrected chi connectivity index (χ3v) is 8.52. The lowest BCUT2D eigenvalue weighted by atomic mass is 10.0. The van der Waals surface area contributed by atoms with Crippen molar-refractivity contribution >= 4 is 17.4 Å². The van der Waals surface area contributed by atoms with Crippen molar-refractivity contribution in [1.82, 2.24) is 14.5 Å². The molecule has 2 N–H and O–H groups in total. The Bertz CT molecular complexity index is 1640. The van der Waals surface area contributed by atoms with Gasteiger partial charge in [0.05, 0.1) is 34.6 Å². The quantitative estimate of drug-likeness (QED) is 0.415. The van der Waals surface area contributed by atoms with Gasteiger partial charge in [0.15, 0.2) is 5.82 Å². The molecule has 1 amide bonds. The number of ether oxygens (including phenoxy) is 1. The van der Waals surface area contributed by atoms with Crippen LogP contribution >= 0.6 is 0 Å². The van der Waals surface area contributed by atoms with Crippen LogP contribution in [0.5, 0.6) is 0 Å². The molecule has 0 bridgehead atoms. The van der Waals surface area contributed by atoms with Crippen molar-refractivity contribution in [2.24, 2.45) is 5.73 Å². The topological polar surface area (TPSA) is 96.9 Å². The second-order valence-electron chi connectivity index (χ2n) is 11.9. The number of benzene rings is 1. The van der Waals surface area contributed by atoms with Gasteiger partial charge in [-0.25, -0.2) is 13.8 Å². The van der Waals surface area contributed by atoms with Crippen LogP contribution in [0, 0.1) is 11.6 Å². The SMILES string of the molecule is C[C@@H]1CN(c2ccc(-c3c(F)cc(N4C[C@@H](C)N(C)[C@@H](C)C4)c(-n4cc(C(N)=O)c(C(F)(F)F)cc4=O)c3F)cn2)C[C@H](C)O1. The highest BCUT2D eigenvalue weighted by atomic mass is 19.4. The van der Waals surface area contributed by atoms with E-state index in [9.17, 15) is 22.8 Å². The van der Waals surface area contributed by atoms with Crippen LogP contribution in [0.15, 0.2) is 41.5 Å². The molecular formula is C31H35F5N6O3. The number of morpholine rings is 1. The minimum atomic E-state index is -5.08. The van der Waals surface area contributed by atoms with Gasteiger partial charge in [0.25, 0.3) is 11.5 Å². The molecule has 2 saturated heterocycles. The molecule has 2 aliphatic rings. The summed E-state index contributed by atoms with van der Waals surface area (Å²) in [5.41, 5.74) is 0.381. The van der Waals surface area contributed by atoms with Crippen molar-refractivity contribution in [3.63, 3.8) is 0 Å². The third-order valence-electron chi connectivity index (χ3n) is 8.52. The van der Waals surface area contributed by atoms with Crippen LogP contribution in [-0.4, -0.2) is 77.9 Å². The van der Waals surface area contributed by atoms with E-state index < -0.39 is 51.7 Å². The van der Waals surface area contributed by atoms with Crippen LogP contribution in [0.25, 0.3) is 16.8 Å². The Kier molecular flexibility index (Phi) is 8.66. The first-order valence-electron chi connectivity index (χ1n) is 14.6. The number of hydrogen-bond donors (Lipinski definition) is 1. The van der Waals surface area contributed by atoms with Gasteiger partial charge in [-0.05, 0) is 46.9 Å². The molecule has 45 heavy (non-hydrogen) atoms. The number of aromatic nitrogens is 2. The molecule has 242 valence electrons. The van der Waals surface area contributed by atoms with Gasteiger partial charge in [0.1, 0.15) is 17.3 Å². The number of pyridine rings is 2. The van der Waals surface area contributed by atoms with Crippen LogP contribution in [0.4, 0.5) is 33.5 Å². The summed E-state index contributed by atoms with van der Waals surface area (Å²) in [5, 5.41) is 0. The summed E-state index contributed by atoms with van der Waals surface area (Å²) < 4.78 is 80.3. The first-order chi connectivity index (χ1) is 21.1. The van der Waals surface area contributed by atoms with E-state index in [1.807, 2.05) is 39.6 Å². The normalized spacial score (nSPS) is 23.0. The van der Waals surface area contributed by atoms with Crippen molar-refractivity contribution in [2.45, 2.75) is 58.2 Å². The predicted octanol–water partition coefficient (Wildman–Crippen LogP) is 4.44. The molecule has 0 spiro atoms. The van der Waals surface area contributed by atoms with E-state index in [2.05, 4.69) is 9.88 Å². The van der Waals surface area contributed by atoms with E-state index in [-0.39, 0.29) is 41.6 Å². The van der Waals surface area contributed by atoms with Gasteiger partial charge in [-0.15, -0.1) is 0 Å². The van der Waals surface area contributed by atoms with Crippen molar-refractivity contribution in [3.8, 4) is 16.8 Å². The molecule has 1 aromatic carbocycles. The van der Waals surface area contributed by atoms with E-state index in [1.165, 1.54) is 12.3 Å². The zero-order valence-electron chi connectivity index (χ0n) is 25.5. The van der Waals surface area contributed by atoms with E-state index in [0.717, 1.165) is 6.07 Å². The molecule has 4 heterocycles. The standard InChI is InChI=1S/C31H35F5N6O3/c1-16-11-40(12-17(2)39(16)5)24-9-23(32)27(20-6-7-25(38-10-20)41-13-18(3)45-19(4)14-41)28(33)29(24)42-15-21(30(37)44)22(8-26(42)43)31(34,35)36/h6-10,15-19H,11-14H2,1-5H3,(H2,37,44)/t16-,17+,18-,19+. The third kappa shape index (κ3) is 6.25. The Morgan fingerprint density at radius 1 is 0.978 bits per heavy atom. The van der Waals surface area contributed by atoms with Crippen LogP contribution in [0.3, 0.4) is 0 Å².